The van der Waals surface area contributed by atoms with Gasteiger partial charge in [-0.25, -0.2) is 0 Å². The number of carbonyl (C=O) groups is 3. The van der Waals surface area contributed by atoms with Gasteiger partial charge < -0.3 is 19.9 Å². The molecule has 0 aliphatic heterocycles. The van der Waals surface area contributed by atoms with Gasteiger partial charge in [0, 0.05) is 21.5 Å². The van der Waals surface area contributed by atoms with Crippen LogP contribution in [0.15, 0.2) is 38.9 Å². The summed E-state index contributed by atoms with van der Waals surface area (Å²) in [6, 6.07) is 4.03. The highest BCUT2D eigenvalue weighted by atomic mass is 79.9. The molecule has 8 heteroatoms. The Morgan fingerprint density at radius 2 is 1.96 bits per heavy atom. The smallest absolute Gasteiger partial charge is 0.325 e. The van der Waals surface area contributed by atoms with Crippen molar-refractivity contribution in [1.82, 2.24) is 5.32 Å². The van der Waals surface area contributed by atoms with Crippen molar-refractivity contribution < 1.29 is 29.0 Å². The number of halogens is 1. The van der Waals surface area contributed by atoms with Gasteiger partial charge in [0.25, 0.3) is 5.91 Å². The van der Waals surface area contributed by atoms with Crippen molar-refractivity contribution in [3.63, 3.8) is 0 Å². The molecule has 0 fully saturated rings. The lowest BCUT2D eigenvalue weighted by molar-refractivity contribution is -0.141. The molecule has 1 aromatic heterocycles. The number of fused-ring (bicyclic) bond motifs is 1. The second kappa shape index (κ2) is 6.88. The summed E-state index contributed by atoms with van der Waals surface area (Å²) in [5.41, 5.74) is 1.07. The first kappa shape index (κ1) is 17.7. The van der Waals surface area contributed by atoms with Crippen LogP contribution in [0.25, 0.3) is 11.0 Å². The predicted molar refractivity (Wildman–Crippen MR) is 88.9 cm³/mol. The maximum atomic E-state index is 12.2. The van der Waals surface area contributed by atoms with Crippen LogP contribution in [0.2, 0.25) is 0 Å². The fourth-order valence-electron chi connectivity index (χ4n) is 2.02. The van der Waals surface area contributed by atoms with Gasteiger partial charge >= 0.3 is 5.97 Å². The summed E-state index contributed by atoms with van der Waals surface area (Å²) in [6.07, 6.45) is 0.698. The molecule has 1 atom stereocenters. The average molecular weight is 396 g/mol. The van der Waals surface area contributed by atoms with E-state index in [9.17, 15) is 19.5 Å². The molecule has 1 heterocycles. The number of aliphatic hydroxyl groups is 1. The Morgan fingerprint density at radius 3 is 2.58 bits per heavy atom. The third-order valence-corrected chi connectivity index (χ3v) is 3.83. The second-order valence-corrected chi connectivity index (χ2v) is 6.04. The van der Waals surface area contributed by atoms with Crippen molar-refractivity contribution in [3.8, 4) is 0 Å². The summed E-state index contributed by atoms with van der Waals surface area (Å²) >= 11 is 3.33. The molecule has 1 aromatic carbocycles. The van der Waals surface area contributed by atoms with Gasteiger partial charge in [-0.15, -0.1) is 0 Å². The van der Waals surface area contributed by atoms with Gasteiger partial charge in [0.05, 0.1) is 0 Å². The second-order valence-electron chi connectivity index (χ2n) is 5.12. The Labute approximate surface area is 145 Å². The van der Waals surface area contributed by atoms with Crippen LogP contribution < -0.4 is 5.32 Å². The van der Waals surface area contributed by atoms with Crippen molar-refractivity contribution >= 4 is 44.6 Å². The van der Waals surface area contributed by atoms with E-state index in [2.05, 4.69) is 15.9 Å². The third-order valence-electron chi connectivity index (χ3n) is 3.34. The number of allylic oxidation sites excluding steroid dienone is 1. The summed E-state index contributed by atoms with van der Waals surface area (Å²) in [7, 11) is 0. The van der Waals surface area contributed by atoms with E-state index in [0.29, 0.717) is 17.2 Å². The van der Waals surface area contributed by atoms with Crippen LogP contribution >= 0.6 is 15.9 Å². The van der Waals surface area contributed by atoms with E-state index in [0.717, 1.165) is 9.86 Å². The van der Waals surface area contributed by atoms with Gasteiger partial charge in [-0.3, -0.25) is 14.4 Å². The maximum absolute atomic E-state index is 12.2. The lowest BCUT2D eigenvalue weighted by Crippen LogP contribution is -2.39. The molecule has 7 nitrogen and oxygen atoms in total. The van der Waals surface area contributed by atoms with E-state index in [4.69, 9.17) is 9.52 Å². The number of carbonyl (C=O) groups excluding carboxylic acids is 2. The molecule has 0 unspecified atom stereocenters. The topological polar surface area (TPSA) is 117 Å². The molecule has 24 heavy (non-hydrogen) atoms. The van der Waals surface area contributed by atoms with Gasteiger partial charge in [-0.05, 0) is 32.0 Å². The molecule has 0 saturated heterocycles. The Kier molecular flexibility index (Phi) is 5.08. The number of benzene rings is 1. The number of rotatable bonds is 5. The van der Waals surface area contributed by atoms with Crippen LogP contribution in [0.4, 0.5) is 0 Å². The minimum absolute atomic E-state index is 0.00580. The van der Waals surface area contributed by atoms with Gasteiger partial charge in [0.2, 0.25) is 5.78 Å². The molecule has 0 bridgehead atoms. The SMILES string of the molecule is Cc1c(C(=O)/C=C(\O)C(=O)N[C@H](C)C(=O)O)oc2ccc(Br)cc12. The Morgan fingerprint density at radius 1 is 1.29 bits per heavy atom. The number of carboxylic acid groups (broad SMARTS) is 1. The summed E-state index contributed by atoms with van der Waals surface area (Å²) in [4.78, 5) is 34.5. The molecule has 0 spiro atoms. The molecular formula is C16H14BrNO6. The number of hydrogen-bond donors (Lipinski definition) is 3. The predicted octanol–water partition coefficient (Wildman–Crippen LogP) is 2.72. The minimum Gasteiger partial charge on any atom is -0.503 e. The van der Waals surface area contributed by atoms with Gasteiger partial charge in [0.1, 0.15) is 11.6 Å². The first-order valence-corrected chi connectivity index (χ1v) is 7.67. The van der Waals surface area contributed by atoms with Crippen LogP contribution in [0.1, 0.15) is 23.0 Å². The van der Waals surface area contributed by atoms with E-state index in [-0.39, 0.29) is 5.76 Å². The first-order chi connectivity index (χ1) is 11.2. The quantitative estimate of drug-likeness (QED) is 0.407. The third kappa shape index (κ3) is 3.65. The summed E-state index contributed by atoms with van der Waals surface area (Å²) in [5, 5.41) is 21.2. The summed E-state index contributed by atoms with van der Waals surface area (Å²) in [5.74, 6) is -3.92. The highest BCUT2D eigenvalue weighted by Crippen LogP contribution is 2.28. The average Bonchev–Trinajstić information content (AvgIpc) is 2.83. The number of hydrogen-bond acceptors (Lipinski definition) is 5. The fraction of sp³-hybridized carbons (Fsp3) is 0.188. The normalized spacial score (nSPS) is 12.9. The number of ketones is 1. The summed E-state index contributed by atoms with van der Waals surface area (Å²) in [6.45, 7) is 2.92. The van der Waals surface area contributed by atoms with Crippen molar-refractivity contribution in [2.24, 2.45) is 0 Å². The van der Waals surface area contributed by atoms with E-state index in [1.807, 2.05) is 5.32 Å². The largest absolute Gasteiger partial charge is 0.503 e. The zero-order chi connectivity index (χ0) is 18.0. The standard InChI is InChI=1S/C16H14BrNO6/c1-7-10-5-9(17)3-4-13(10)24-14(7)11(19)6-12(20)15(21)18-8(2)16(22)23/h3-6,8,20H,1-2H3,(H,18,21)(H,22,23)/b12-6-/t8-/m1/s1. The molecule has 1 amide bonds. The molecule has 126 valence electrons. The Hall–Kier alpha value is -2.61. The van der Waals surface area contributed by atoms with Crippen molar-refractivity contribution in [3.05, 3.63) is 45.8 Å². The number of carboxylic acids is 1. The molecule has 2 aromatic rings. The van der Waals surface area contributed by atoms with Crippen LogP contribution in [-0.4, -0.2) is 33.9 Å². The number of furan rings is 1. The monoisotopic (exact) mass is 395 g/mol. The van der Waals surface area contributed by atoms with E-state index in [1.54, 1.807) is 25.1 Å². The number of aryl methyl sites for hydroxylation is 1. The minimum atomic E-state index is -1.26. The molecule has 0 saturated carbocycles. The van der Waals surface area contributed by atoms with Gasteiger partial charge in [-0.1, -0.05) is 15.9 Å². The number of amides is 1. The van der Waals surface area contributed by atoms with E-state index in [1.165, 1.54) is 6.92 Å². The van der Waals surface area contributed by atoms with Crippen LogP contribution in [0.5, 0.6) is 0 Å². The maximum Gasteiger partial charge on any atom is 0.325 e. The Balaban J connectivity index is 2.27. The lowest BCUT2D eigenvalue weighted by Gasteiger charge is -2.07. The van der Waals surface area contributed by atoms with Gasteiger partial charge in [-0.2, -0.15) is 0 Å². The Bertz CT molecular complexity index is 867. The van der Waals surface area contributed by atoms with E-state index < -0.39 is 29.5 Å². The molecule has 0 aliphatic rings. The number of aliphatic carboxylic acids is 1. The number of nitrogens with one attached hydrogen (secondary N) is 1. The fourth-order valence-corrected chi connectivity index (χ4v) is 2.38. The zero-order valence-corrected chi connectivity index (χ0v) is 14.4. The molecule has 0 aliphatic carbocycles. The van der Waals surface area contributed by atoms with Gasteiger partial charge in [0.15, 0.2) is 11.5 Å². The molecular weight excluding hydrogens is 382 g/mol. The summed E-state index contributed by atoms with van der Waals surface area (Å²) < 4.78 is 6.28. The molecule has 3 N–H and O–H groups in total. The van der Waals surface area contributed by atoms with E-state index >= 15 is 0 Å². The zero-order valence-electron chi connectivity index (χ0n) is 12.8. The molecule has 2 rings (SSSR count). The number of aliphatic hydroxyl groups excluding tert-OH is 1. The van der Waals surface area contributed by atoms with Crippen molar-refractivity contribution in [2.75, 3.05) is 0 Å². The lowest BCUT2D eigenvalue weighted by atomic mass is 10.1. The first-order valence-electron chi connectivity index (χ1n) is 6.88. The van der Waals surface area contributed by atoms with Crippen LogP contribution in [0, 0.1) is 6.92 Å². The van der Waals surface area contributed by atoms with Crippen LogP contribution in [0.3, 0.4) is 0 Å². The van der Waals surface area contributed by atoms with Crippen molar-refractivity contribution in [2.45, 2.75) is 19.9 Å². The van der Waals surface area contributed by atoms with Crippen molar-refractivity contribution in [1.29, 1.82) is 0 Å². The molecule has 0 radical (unpaired) electrons. The highest BCUT2D eigenvalue weighted by molar-refractivity contribution is 9.10. The van der Waals surface area contributed by atoms with Crippen LogP contribution in [-0.2, 0) is 9.59 Å². The highest BCUT2D eigenvalue weighted by Gasteiger charge is 2.20.